The third kappa shape index (κ3) is 4.86. The molecule has 5 rings (SSSR count). The first-order valence-electron chi connectivity index (χ1n) is 13.2. The SMILES string of the molecule is Cc1cc(C)c(C(=O)c2ccccc2/C(c2c(C)cc(C)cc2C)=[N+]2\NC(=O)C=C2c2ccccc2)c(C)c1. The van der Waals surface area contributed by atoms with Crippen molar-refractivity contribution in [2.75, 3.05) is 0 Å². The van der Waals surface area contributed by atoms with Crippen molar-refractivity contribution in [1.82, 2.24) is 5.43 Å². The standard InChI is InChI=1S/C35H32N2O2/c1-21-16-23(3)32(24(4)17-21)34(37-30(20-31(38)36-37)27-12-8-7-9-13-27)28-14-10-11-15-29(28)35(39)33-25(5)18-22(2)19-26(33)6/h7-20H,1-6H3/p+1. The zero-order chi connectivity index (χ0) is 27.8. The van der Waals surface area contributed by atoms with Crippen LogP contribution in [-0.2, 0) is 4.79 Å². The summed E-state index contributed by atoms with van der Waals surface area (Å²) in [5.74, 6) is -0.237. The van der Waals surface area contributed by atoms with Gasteiger partial charge in [0.05, 0.1) is 17.2 Å². The van der Waals surface area contributed by atoms with Gasteiger partial charge in [-0.15, -0.1) is 5.43 Å². The van der Waals surface area contributed by atoms with Crippen molar-refractivity contribution in [2.45, 2.75) is 41.5 Å². The van der Waals surface area contributed by atoms with Gasteiger partial charge in [-0.2, -0.15) is 0 Å². The lowest BCUT2D eigenvalue weighted by molar-refractivity contribution is -0.476. The van der Waals surface area contributed by atoms with Crippen molar-refractivity contribution in [3.63, 3.8) is 0 Å². The predicted octanol–water partition coefficient (Wildman–Crippen LogP) is 6.70. The number of rotatable bonds is 5. The van der Waals surface area contributed by atoms with Crippen LogP contribution >= 0.6 is 0 Å². The van der Waals surface area contributed by atoms with Crippen LogP contribution in [-0.4, -0.2) is 22.1 Å². The van der Waals surface area contributed by atoms with Gasteiger partial charge in [0.1, 0.15) is 0 Å². The summed E-state index contributed by atoms with van der Waals surface area (Å²) in [6.45, 7) is 12.3. The van der Waals surface area contributed by atoms with E-state index in [-0.39, 0.29) is 11.7 Å². The molecule has 4 heteroatoms. The number of carbonyl (C=O) groups excluding carboxylic acids is 2. The summed E-state index contributed by atoms with van der Waals surface area (Å²) in [4.78, 5) is 27.2. The molecule has 194 valence electrons. The molecule has 4 aromatic carbocycles. The van der Waals surface area contributed by atoms with Crippen molar-refractivity contribution in [3.05, 3.63) is 146 Å². The van der Waals surface area contributed by atoms with Crippen LogP contribution in [0, 0.1) is 41.5 Å². The van der Waals surface area contributed by atoms with E-state index in [4.69, 9.17) is 0 Å². The van der Waals surface area contributed by atoms with Gasteiger partial charge in [-0.1, -0.05) is 76.5 Å². The van der Waals surface area contributed by atoms with E-state index < -0.39 is 0 Å². The Morgan fingerprint density at radius 2 is 1.13 bits per heavy atom. The molecule has 0 saturated heterocycles. The summed E-state index contributed by atoms with van der Waals surface area (Å²) < 4.78 is 1.85. The van der Waals surface area contributed by atoms with E-state index in [1.807, 2.05) is 80.1 Å². The number of hydrazine groups is 1. The third-order valence-corrected chi connectivity index (χ3v) is 7.27. The lowest BCUT2D eigenvalue weighted by Gasteiger charge is -2.17. The van der Waals surface area contributed by atoms with Gasteiger partial charge in [0.15, 0.2) is 5.78 Å². The zero-order valence-electron chi connectivity index (χ0n) is 23.3. The quantitative estimate of drug-likeness (QED) is 0.238. The summed E-state index contributed by atoms with van der Waals surface area (Å²) in [5.41, 5.74) is 14.9. The van der Waals surface area contributed by atoms with E-state index in [9.17, 15) is 9.59 Å². The Kier molecular flexibility index (Phi) is 6.88. The Balaban J connectivity index is 1.85. The molecule has 1 heterocycles. The van der Waals surface area contributed by atoms with Crippen LogP contribution in [0.25, 0.3) is 5.70 Å². The second-order valence-corrected chi connectivity index (χ2v) is 10.5. The molecule has 1 N–H and O–H groups in total. The largest absolute Gasteiger partial charge is 0.305 e. The number of hydrogen-bond acceptors (Lipinski definition) is 2. The molecular formula is C35H33N2O2+. The van der Waals surface area contributed by atoms with Crippen LogP contribution in [0.3, 0.4) is 0 Å². The van der Waals surface area contributed by atoms with Crippen molar-refractivity contribution < 1.29 is 14.3 Å². The second-order valence-electron chi connectivity index (χ2n) is 10.5. The summed E-state index contributed by atoms with van der Waals surface area (Å²) in [6.07, 6.45) is 1.62. The van der Waals surface area contributed by atoms with Crippen LogP contribution in [0.2, 0.25) is 0 Å². The van der Waals surface area contributed by atoms with E-state index in [0.717, 1.165) is 61.5 Å². The minimum atomic E-state index is -0.206. The number of nitrogens with zero attached hydrogens (tertiary/aromatic N) is 1. The molecule has 0 radical (unpaired) electrons. The van der Waals surface area contributed by atoms with E-state index in [0.29, 0.717) is 11.1 Å². The van der Waals surface area contributed by atoms with Gasteiger partial charge in [-0.25, -0.2) is 0 Å². The number of amides is 1. The van der Waals surface area contributed by atoms with Crippen molar-refractivity contribution in [3.8, 4) is 0 Å². The highest BCUT2D eigenvalue weighted by molar-refractivity contribution is 6.22. The molecule has 0 fully saturated rings. The zero-order valence-corrected chi connectivity index (χ0v) is 23.3. The molecule has 0 spiro atoms. The van der Waals surface area contributed by atoms with Crippen molar-refractivity contribution in [1.29, 1.82) is 0 Å². The van der Waals surface area contributed by atoms with Gasteiger partial charge in [-0.3, -0.25) is 9.59 Å². The van der Waals surface area contributed by atoms with Gasteiger partial charge >= 0.3 is 5.91 Å². The molecule has 1 aliphatic rings. The smallest absolute Gasteiger partial charge is 0.289 e. The lowest BCUT2D eigenvalue weighted by atomic mass is 9.86. The van der Waals surface area contributed by atoms with Gasteiger partial charge < -0.3 is 0 Å². The Hall–Kier alpha value is -4.57. The molecule has 39 heavy (non-hydrogen) atoms. The maximum atomic E-state index is 14.3. The van der Waals surface area contributed by atoms with E-state index in [1.54, 1.807) is 6.08 Å². The van der Waals surface area contributed by atoms with Gasteiger partial charge in [-0.05, 0) is 82.0 Å². The molecule has 1 aliphatic heterocycles. The molecule has 0 aromatic heterocycles. The van der Waals surface area contributed by atoms with Crippen LogP contribution in [0.15, 0.2) is 84.9 Å². The fraction of sp³-hybridized carbons (Fsp3) is 0.171. The van der Waals surface area contributed by atoms with E-state index in [2.05, 4.69) is 50.5 Å². The average molecular weight is 514 g/mol. The van der Waals surface area contributed by atoms with Crippen LogP contribution in [0.4, 0.5) is 0 Å². The molecular weight excluding hydrogens is 480 g/mol. The maximum Gasteiger partial charge on any atom is 0.305 e. The monoisotopic (exact) mass is 513 g/mol. The molecule has 1 amide bonds. The highest BCUT2D eigenvalue weighted by Crippen LogP contribution is 2.29. The highest BCUT2D eigenvalue weighted by atomic mass is 16.2. The number of carbonyl (C=O) groups is 2. The first-order valence-corrected chi connectivity index (χ1v) is 13.2. The maximum absolute atomic E-state index is 14.3. The number of hydrogen-bond donors (Lipinski definition) is 1. The highest BCUT2D eigenvalue weighted by Gasteiger charge is 2.36. The minimum Gasteiger partial charge on any atom is -0.289 e. The summed E-state index contributed by atoms with van der Waals surface area (Å²) in [5, 5.41) is 0. The molecule has 4 aromatic rings. The predicted molar refractivity (Wildman–Crippen MR) is 157 cm³/mol. The number of aryl methyl sites for hydroxylation is 6. The van der Waals surface area contributed by atoms with Crippen LogP contribution < -0.4 is 5.43 Å². The summed E-state index contributed by atoms with van der Waals surface area (Å²) >= 11 is 0. The number of benzene rings is 4. The first kappa shape index (κ1) is 26.1. The van der Waals surface area contributed by atoms with Crippen molar-refractivity contribution in [2.24, 2.45) is 0 Å². The van der Waals surface area contributed by atoms with E-state index >= 15 is 0 Å². The van der Waals surface area contributed by atoms with Crippen molar-refractivity contribution >= 4 is 23.1 Å². The number of ketones is 1. The van der Waals surface area contributed by atoms with Gasteiger partial charge in [0.25, 0.3) is 5.71 Å². The molecule has 0 saturated carbocycles. The number of hydrazone groups is 1. The average Bonchev–Trinajstić information content (AvgIpc) is 3.27. The Bertz CT molecular complexity index is 1660. The summed E-state index contributed by atoms with van der Waals surface area (Å²) in [6, 6.07) is 26.0. The Morgan fingerprint density at radius 1 is 0.641 bits per heavy atom. The molecule has 4 nitrogen and oxygen atoms in total. The second kappa shape index (κ2) is 10.3. The summed E-state index contributed by atoms with van der Waals surface area (Å²) in [7, 11) is 0. The normalized spacial score (nSPS) is 14.2. The fourth-order valence-corrected chi connectivity index (χ4v) is 5.87. The fourth-order valence-electron chi connectivity index (χ4n) is 5.87. The lowest BCUT2D eigenvalue weighted by Crippen LogP contribution is -2.34. The van der Waals surface area contributed by atoms with Crippen LogP contribution in [0.1, 0.15) is 66.0 Å². The topological polar surface area (TPSA) is 49.2 Å². The van der Waals surface area contributed by atoms with Gasteiger partial charge in [0.2, 0.25) is 5.70 Å². The van der Waals surface area contributed by atoms with Gasteiger partial charge in [0, 0.05) is 16.7 Å². The first-order chi connectivity index (χ1) is 18.7. The molecule has 0 unspecified atom stereocenters. The minimum absolute atomic E-state index is 0.0312. The van der Waals surface area contributed by atoms with E-state index in [1.165, 1.54) is 0 Å². The molecule has 0 atom stereocenters. The number of nitrogens with one attached hydrogen (secondary N) is 1. The third-order valence-electron chi connectivity index (χ3n) is 7.27. The molecule has 0 bridgehead atoms. The molecule has 0 aliphatic carbocycles. The van der Waals surface area contributed by atoms with Crippen LogP contribution in [0.5, 0.6) is 0 Å². The Labute approximate surface area is 230 Å². The Morgan fingerprint density at radius 3 is 1.69 bits per heavy atom.